The number of nitrogens with two attached hydrogens (primary N) is 1. The van der Waals surface area contributed by atoms with Crippen LogP contribution in [0.5, 0.6) is 23.0 Å². The quantitative estimate of drug-likeness (QED) is 0.233. The topological polar surface area (TPSA) is 104 Å². The fourth-order valence-corrected chi connectivity index (χ4v) is 4.38. The van der Waals surface area contributed by atoms with Crippen LogP contribution >= 0.6 is 0 Å². The van der Waals surface area contributed by atoms with Gasteiger partial charge in [-0.25, -0.2) is 4.79 Å². The highest BCUT2D eigenvalue weighted by Gasteiger charge is 2.31. The number of hydrogen-bond acceptors (Lipinski definition) is 7. The molecule has 0 fully saturated rings. The predicted molar refractivity (Wildman–Crippen MR) is 145 cm³/mol. The van der Waals surface area contributed by atoms with Crippen molar-refractivity contribution in [3.05, 3.63) is 131 Å². The molecule has 1 aliphatic heterocycles. The summed E-state index contributed by atoms with van der Waals surface area (Å²) in [7, 11) is 0. The highest BCUT2D eigenvalue weighted by molar-refractivity contribution is 5.74. The first kappa shape index (κ1) is 25.4. The smallest absolute Gasteiger partial charge is 0.349 e. The van der Waals surface area contributed by atoms with Crippen molar-refractivity contribution in [2.24, 2.45) is 5.73 Å². The summed E-state index contributed by atoms with van der Waals surface area (Å²) in [6, 6.07) is 32.1. The molecule has 4 aromatic carbocycles. The monoisotopic (exact) mass is 518 g/mol. The average molecular weight is 519 g/mol. The minimum absolute atomic E-state index is 0.00281. The largest absolute Gasteiger partial charge is 0.489 e. The van der Waals surface area contributed by atoms with Gasteiger partial charge in [-0.2, -0.15) is 5.26 Å². The van der Waals surface area contributed by atoms with Crippen LogP contribution in [0.4, 0.5) is 0 Å². The number of ether oxygens (including phenoxy) is 4. The van der Waals surface area contributed by atoms with E-state index in [0.29, 0.717) is 29.4 Å². The average Bonchev–Trinajstić information content (AvgIpc) is 2.95. The number of allylic oxidation sites excluding steroid dienone is 1. The number of esters is 1. The summed E-state index contributed by atoms with van der Waals surface area (Å²) in [6.07, 6.45) is 0. The van der Waals surface area contributed by atoms with Crippen LogP contribution in [0.2, 0.25) is 0 Å². The van der Waals surface area contributed by atoms with Crippen LogP contribution in [0.25, 0.3) is 0 Å². The van der Waals surface area contributed by atoms with Gasteiger partial charge >= 0.3 is 5.97 Å². The van der Waals surface area contributed by atoms with Gasteiger partial charge in [0.2, 0.25) is 5.88 Å². The number of nitriles is 1. The van der Waals surface area contributed by atoms with Crippen LogP contribution in [0.1, 0.15) is 28.2 Å². The summed E-state index contributed by atoms with van der Waals surface area (Å²) < 4.78 is 22.8. The molecule has 0 aromatic heterocycles. The van der Waals surface area contributed by atoms with Crippen LogP contribution in [-0.2, 0) is 11.4 Å². The maximum atomic E-state index is 12.4. The maximum absolute atomic E-state index is 12.4. The van der Waals surface area contributed by atoms with E-state index in [0.717, 1.165) is 22.3 Å². The zero-order valence-corrected chi connectivity index (χ0v) is 21.3. The second-order valence-corrected chi connectivity index (χ2v) is 9.00. The molecule has 0 radical (unpaired) electrons. The van der Waals surface area contributed by atoms with Crippen molar-refractivity contribution in [1.29, 1.82) is 5.26 Å². The molecule has 0 amide bonds. The zero-order valence-electron chi connectivity index (χ0n) is 21.3. The van der Waals surface area contributed by atoms with Gasteiger partial charge in [0.25, 0.3) is 0 Å². The first-order valence-electron chi connectivity index (χ1n) is 12.4. The summed E-state index contributed by atoms with van der Waals surface area (Å²) in [5, 5.41) is 9.90. The standard InChI is InChI=1S/C32H26N2O5/c1-21-8-5-6-13-28(21)37-20-30(35)38-25-14-15-26-29(17-25)39-32(34)27(18-33)31(26)23-11-7-12-24(16-23)36-19-22-9-3-2-4-10-22/h2-17,31H,19-20,34H2,1H3. The number of benzene rings is 4. The van der Waals surface area contributed by atoms with Gasteiger partial charge in [0.15, 0.2) is 6.61 Å². The molecule has 4 aromatic rings. The van der Waals surface area contributed by atoms with Crippen molar-refractivity contribution in [2.75, 3.05) is 6.61 Å². The van der Waals surface area contributed by atoms with E-state index in [-0.39, 0.29) is 18.2 Å². The number of carbonyl (C=O) groups excluding carboxylic acids is 1. The van der Waals surface area contributed by atoms with E-state index in [9.17, 15) is 10.1 Å². The van der Waals surface area contributed by atoms with E-state index in [2.05, 4.69) is 6.07 Å². The van der Waals surface area contributed by atoms with Gasteiger partial charge in [-0.3, -0.25) is 0 Å². The molecule has 194 valence electrons. The molecule has 1 heterocycles. The second-order valence-electron chi connectivity index (χ2n) is 9.00. The fraction of sp³-hybridized carbons (Fsp3) is 0.125. The van der Waals surface area contributed by atoms with Crippen LogP contribution < -0.4 is 24.7 Å². The molecular weight excluding hydrogens is 492 g/mol. The molecule has 0 aliphatic carbocycles. The van der Waals surface area contributed by atoms with E-state index in [1.165, 1.54) is 0 Å². The Hall–Kier alpha value is -5.22. The zero-order chi connectivity index (χ0) is 27.2. The Kier molecular flexibility index (Phi) is 7.46. The van der Waals surface area contributed by atoms with Gasteiger partial charge < -0.3 is 24.7 Å². The Morgan fingerprint density at radius 2 is 1.72 bits per heavy atom. The Morgan fingerprint density at radius 1 is 0.923 bits per heavy atom. The van der Waals surface area contributed by atoms with Crippen LogP contribution in [0, 0.1) is 18.3 Å². The molecule has 2 N–H and O–H groups in total. The minimum atomic E-state index is -0.560. The summed E-state index contributed by atoms with van der Waals surface area (Å²) in [6.45, 7) is 2.07. The van der Waals surface area contributed by atoms with Crippen LogP contribution in [0.15, 0.2) is 109 Å². The van der Waals surface area contributed by atoms with Gasteiger partial charge in [0.05, 0.1) is 5.92 Å². The predicted octanol–water partition coefficient (Wildman–Crippen LogP) is 5.78. The van der Waals surface area contributed by atoms with Crippen molar-refractivity contribution in [1.82, 2.24) is 0 Å². The molecule has 0 saturated heterocycles. The molecule has 5 rings (SSSR count). The molecular formula is C32H26N2O5. The molecule has 1 unspecified atom stereocenters. The third-order valence-electron chi connectivity index (χ3n) is 6.30. The first-order valence-corrected chi connectivity index (χ1v) is 12.4. The minimum Gasteiger partial charge on any atom is -0.489 e. The summed E-state index contributed by atoms with van der Waals surface area (Å²) in [5.41, 5.74) is 9.96. The molecule has 1 aliphatic rings. The third kappa shape index (κ3) is 5.86. The second kappa shape index (κ2) is 11.4. The number of para-hydroxylation sites is 1. The van der Waals surface area contributed by atoms with Gasteiger partial charge in [-0.15, -0.1) is 0 Å². The highest BCUT2D eigenvalue weighted by Crippen LogP contribution is 2.44. The van der Waals surface area contributed by atoms with Crippen molar-refractivity contribution >= 4 is 5.97 Å². The van der Waals surface area contributed by atoms with Crippen molar-refractivity contribution < 1.29 is 23.7 Å². The lowest BCUT2D eigenvalue weighted by atomic mass is 9.83. The van der Waals surface area contributed by atoms with Gasteiger partial charge in [0, 0.05) is 11.6 Å². The lowest BCUT2D eigenvalue weighted by Gasteiger charge is -2.27. The number of nitrogens with zero attached hydrogens (tertiary/aromatic N) is 1. The third-order valence-corrected chi connectivity index (χ3v) is 6.30. The summed E-state index contributed by atoms with van der Waals surface area (Å²) in [4.78, 5) is 12.4. The van der Waals surface area contributed by atoms with Gasteiger partial charge in [0.1, 0.15) is 41.2 Å². The highest BCUT2D eigenvalue weighted by atomic mass is 16.6. The number of rotatable bonds is 8. The lowest BCUT2D eigenvalue weighted by molar-refractivity contribution is -0.136. The lowest BCUT2D eigenvalue weighted by Crippen LogP contribution is -2.22. The summed E-state index contributed by atoms with van der Waals surface area (Å²) in [5.74, 6) is 0.916. The number of aryl methyl sites for hydroxylation is 1. The number of hydrogen-bond donors (Lipinski definition) is 1. The first-order chi connectivity index (χ1) is 19.0. The fourth-order valence-electron chi connectivity index (χ4n) is 4.38. The molecule has 1 atom stereocenters. The van der Waals surface area contributed by atoms with Crippen LogP contribution in [0.3, 0.4) is 0 Å². The summed E-state index contributed by atoms with van der Waals surface area (Å²) >= 11 is 0. The maximum Gasteiger partial charge on any atom is 0.349 e. The number of fused-ring (bicyclic) bond motifs is 1. The SMILES string of the molecule is Cc1ccccc1OCC(=O)Oc1ccc2c(c1)OC(N)=C(C#N)C2c1cccc(OCc2ccccc2)c1. The molecule has 7 nitrogen and oxygen atoms in total. The van der Waals surface area contributed by atoms with E-state index >= 15 is 0 Å². The normalized spacial score (nSPS) is 14.0. The van der Waals surface area contributed by atoms with Gasteiger partial charge in [-0.05, 0) is 47.9 Å². The van der Waals surface area contributed by atoms with E-state index in [1.807, 2.05) is 79.7 Å². The Labute approximate surface area is 226 Å². The van der Waals surface area contributed by atoms with Crippen LogP contribution in [-0.4, -0.2) is 12.6 Å². The molecule has 39 heavy (non-hydrogen) atoms. The molecule has 0 spiro atoms. The van der Waals surface area contributed by atoms with Gasteiger partial charge in [-0.1, -0.05) is 66.7 Å². The van der Waals surface area contributed by atoms with Crippen molar-refractivity contribution in [3.63, 3.8) is 0 Å². The Balaban J connectivity index is 1.35. The van der Waals surface area contributed by atoms with Crippen molar-refractivity contribution in [3.8, 4) is 29.1 Å². The number of carbonyl (C=O) groups is 1. The van der Waals surface area contributed by atoms with E-state index in [1.54, 1.807) is 24.3 Å². The molecule has 0 saturated carbocycles. The molecule has 0 bridgehead atoms. The Morgan fingerprint density at radius 3 is 2.51 bits per heavy atom. The molecule has 7 heteroatoms. The van der Waals surface area contributed by atoms with Crippen molar-refractivity contribution in [2.45, 2.75) is 19.4 Å². The van der Waals surface area contributed by atoms with E-state index in [4.69, 9.17) is 24.7 Å². The Bertz CT molecular complexity index is 1570. The van der Waals surface area contributed by atoms with E-state index < -0.39 is 11.9 Å².